The zero-order valence-electron chi connectivity index (χ0n) is 10.9. The van der Waals surface area contributed by atoms with Crippen molar-refractivity contribution < 1.29 is 4.74 Å². The number of aromatic nitrogens is 1. The predicted molar refractivity (Wildman–Crippen MR) is 71.9 cm³/mol. The van der Waals surface area contributed by atoms with Gasteiger partial charge in [-0.15, -0.1) is 0 Å². The number of piperidine rings is 1. The van der Waals surface area contributed by atoms with Gasteiger partial charge in [0.05, 0.1) is 0 Å². The molecule has 3 N–H and O–H groups in total. The van der Waals surface area contributed by atoms with E-state index in [9.17, 15) is 0 Å². The van der Waals surface area contributed by atoms with Gasteiger partial charge in [0.25, 0.3) is 0 Å². The Kier molecular flexibility index (Phi) is 4.92. The summed E-state index contributed by atoms with van der Waals surface area (Å²) in [5.74, 6) is 6.81. The van der Waals surface area contributed by atoms with Gasteiger partial charge in [0, 0.05) is 26.5 Å². The maximum Gasteiger partial charge on any atom is 0.140 e. The number of nitrogens with zero attached hydrogens (tertiary/aromatic N) is 2. The molecular weight excluding hydrogens is 228 g/mol. The van der Waals surface area contributed by atoms with Crippen LogP contribution >= 0.6 is 0 Å². The van der Waals surface area contributed by atoms with E-state index in [2.05, 4.69) is 15.3 Å². The first-order chi connectivity index (χ1) is 8.81. The second-order valence-corrected chi connectivity index (χ2v) is 4.87. The normalized spacial score (nSPS) is 17.9. The molecule has 2 rings (SSSR count). The fourth-order valence-electron chi connectivity index (χ4n) is 2.46. The molecule has 1 saturated heterocycles. The molecule has 0 aromatic carbocycles. The molecule has 0 amide bonds. The maximum atomic E-state index is 5.36. The molecule has 2 heterocycles. The van der Waals surface area contributed by atoms with Gasteiger partial charge in [-0.1, -0.05) is 0 Å². The third-order valence-electron chi connectivity index (χ3n) is 3.49. The van der Waals surface area contributed by atoms with Crippen molar-refractivity contribution in [3.05, 3.63) is 23.9 Å². The van der Waals surface area contributed by atoms with Crippen LogP contribution in [-0.4, -0.2) is 36.7 Å². The van der Waals surface area contributed by atoms with Crippen LogP contribution in [0.1, 0.15) is 18.4 Å². The van der Waals surface area contributed by atoms with E-state index in [1.165, 1.54) is 18.4 Å². The first-order valence-corrected chi connectivity index (χ1v) is 6.44. The van der Waals surface area contributed by atoms with Gasteiger partial charge < -0.3 is 10.2 Å². The Morgan fingerprint density at radius 3 is 2.94 bits per heavy atom. The zero-order chi connectivity index (χ0) is 12.8. The number of nitrogens with one attached hydrogen (secondary N) is 1. The van der Waals surface area contributed by atoms with E-state index in [4.69, 9.17) is 10.6 Å². The molecule has 5 nitrogen and oxygen atoms in total. The summed E-state index contributed by atoms with van der Waals surface area (Å²) in [6, 6.07) is 4.04. The Hall–Kier alpha value is -1.17. The maximum absolute atomic E-state index is 5.36. The second-order valence-electron chi connectivity index (χ2n) is 4.87. The van der Waals surface area contributed by atoms with Crippen LogP contribution in [0.5, 0.6) is 0 Å². The molecule has 0 saturated carbocycles. The molecule has 0 atom stereocenters. The number of hydrogen-bond acceptors (Lipinski definition) is 5. The SMILES string of the molecule is COCC1CCN(Cc2ccnc(NN)c2)CC1. The van der Waals surface area contributed by atoms with Gasteiger partial charge >= 0.3 is 0 Å². The van der Waals surface area contributed by atoms with Gasteiger partial charge in [-0.3, -0.25) is 4.90 Å². The number of pyridine rings is 1. The molecule has 0 spiro atoms. The minimum Gasteiger partial charge on any atom is -0.384 e. The zero-order valence-corrected chi connectivity index (χ0v) is 10.9. The highest BCUT2D eigenvalue weighted by molar-refractivity contribution is 5.35. The molecule has 1 aliphatic rings. The lowest BCUT2D eigenvalue weighted by molar-refractivity contribution is 0.0968. The number of rotatable bonds is 5. The highest BCUT2D eigenvalue weighted by Gasteiger charge is 2.18. The minimum absolute atomic E-state index is 0.724. The monoisotopic (exact) mass is 250 g/mol. The Morgan fingerprint density at radius 1 is 1.50 bits per heavy atom. The Bertz CT molecular complexity index is 364. The van der Waals surface area contributed by atoms with Crippen molar-refractivity contribution in [1.29, 1.82) is 0 Å². The molecular formula is C13H22N4O. The quantitative estimate of drug-likeness (QED) is 0.608. The van der Waals surface area contributed by atoms with Crippen LogP contribution in [0.2, 0.25) is 0 Å². The second kappa shape index (κ2) is 6.68. The lowest BCUT2D eigenvalue weighted by Gasteiger charge is -2.31. The lowest BCUT2D eigenvalue weighted by Crippen LogP contribution is -2.34. The summed E-state index contributed by atoms with van der Waals surface area (Å²) in [5, 5.41) is 0. The predicted octanol–water partition coefficient (Wildman–Crippen LogP) is 1.23. The van der Waals surface area contributed by atoms with E-state index < -0.39 is 0 Å². The average molecular weight is 250 g/mol. The van der Waals surface area contributed by atoms with Crippen molar-refractivity contribution in [2.24, 2.45) is 11.8 Å². The van der Waals surface area contributed by atoms with Crippen LogP contribution in [0.15, 0.2) is 18.3 Å². The number of hydrazine groups is 1. The summed E-state index contributed by atoms with van der Waals surface area (Å²) in [6.07, 6.45) is 4.24. The van der Waals surface area contributed by atoms with Crippen molar-refractivity contribution in [3.63, 3.8) is 0 Å². The van der Waals surface area contributed by atoms with E-state index in [1.54, 1.807) is 13.3 Å². The lowest BCUT2D eigenvalue weighted by atomic mass is 9.97. The largest absolute Gasteiger partial charge is 0.384 e. The number of hydrogen-bond donors (Lipinski definition) is 2. The van der Waals surface area contributed by atoms with Crippen LogP contribution in [0.25, 0.3) is 0 Å². The van der Waals surface area contributed by atoms with Gasteiger partial charge in [-0.25, -0.2) is 10.8 Å². The molecule has 1 fully saturated rings. The molecule has 18 heavy (non-hydrogen) atoms. The number of nitrogens with two attached hydrogens (primary N) is 1. The number of nitrogen functional groups attached to an aromatic ring is 1. The molecule has 1 aromatic heterocycles. The number of likely N-dealkylation sites (tertiary alicyclic amines) is 1. The van der Waals surface area contributed by atoms with E-state index in [0.717, 1.165) is 38.0 Å². The molecule has 1 aliphatic heterocycles. The minimum atomic E-state index is 0.724. The van der Waals surface area contributed by atoms with Gasteiger partial charge in [-0.2, -0.15) is 0 Å². The molecule has 100 valence electrons. The van der Waals surface area contributed by atoms with Crippen molar-refractivity contribution in [2.45, 2.75) is 19.4 Å². The van der Waals surface area contributed by atoms with Gasteiger partial charge in [0.2, 0.25) is 0 Å². The summed E-state index contributed by atoms with van der Waals surface area (Å²) >= 11 is 0. The van der Waals surface area contributed by atoms with Crippen molar-refractivity contribution in [3.8, 4) is 0 Å². The first kappa shape index (κ1) is 13.3. The van der Waals surface area contributed by atoms with Crippen LogP contribution in [0, 0.1) is 5.92 Å². The van der Waals surface area contributed by atoms with Crippen molar-refractivity contribution in [1.82, 2.24) is 9.88 Å². The molecule has 0 aliphatic carbocycles. The highest BCUT2D eigenvalue weighted by Crippen LogP contribution is 2.19. The van der Waals surface area contributed by atoms with Gasteiger partial charge in [0.15, 0.2) is 0 Å². The van der Waals surface area contributed by atoms with Crippen LogP contribution < -0.4 is 11.3 Å². The standard InChI is InChI=1S/C13H22N4O/c1-18-10-11-3-6-17(7-4-11)9-12-2-5-15-13(8-12)16-14/h2,5,8,11H,3-4,6-7,9-10,14H2,1H3,(H,15,16). The summed E-state index contributed by atoms with van der Waals surface area (Å²) in [4.78, 5) is 6.59. The van der Waals surface area contributed by atoms with Crippen molar-refractivity contribution in [2.75, 3.05) is 32.2 Å². The van der Waals surface area contributed by atoms with E-state index in [0.29, 0.717) is 0 Å². The van der Waals surface area contributed by atoms with Crippen LogP contribution in [0.4, 0.5) is 5.82 Å². The third-order valence-corrected chi connectivity index (χ3v) is 3.49. The number of ether oxygens (including phenoxy) is 1. The highest BCUT2D eigenvalue weighted by atomic mass is 16.5. The third kappa shape index (κ3) is 3.66. The summed E-state index contributed by atoms with van der Waals surface area (Å²) < 4.78 is 5.22. The van der Waals surface area contributed by atoms with Crippen molar-refractivity contribution >= 4 is 5.82 Å². The topological polar surface area (TPSA) is 63.4 Å². The first-order valence-electron chi connectivity index (χ1n) is 6.44. The molecule has 0 bridgehead atoms. The Morgan fingerprint density at radius 2 is 2.28 bits per heavy atom. The Labute approximate surface area is 108 Å². The fraction of sp³-hybridized carbons (Fsp3) is 0.615. The van der Waals surface area contributed by atoms with Crippen LogP contribution in [0.3, 0.4) is 0 Å². The summed E-state index contributed by atoms with van der Waals surface area (Å²) in [6.45, 7) is 4.14. The summed E-state index contributed by atoms with van der Waals surface area (Å²) in [7, 11) is 1.78. The number of anilines is 1. The van der Waals surface area contributed by atoms with Gasteiger partial charge in [0.1, 0.15) is 5.82 Å². The summed E-state index contributed by atoms with van der Waals surface area (Å²) in [5.41, 5.74) is 3.84. The van der Waals surface area contributed by atoms with E-state index in [1.807, 2.05) is 12.1 Å². The Balaban J connectivity index is 1.83. The number of methoxy groups -OCH3 is 1. The van der Waals surface area contributed by atoms with Gasteiger partial charge in [-0.05, 0) is 49.5 Å². The van der Waals surface area contributed by atoms with E-state index in [-0.39, 0.29) is 0 Å². The molecule has 1 aromatic rings. The molecule has 0 unspecified atom stereocenters. The smallest absolute Gasteiger partial charge is 0.140 e. The molecule has 5 heteroatoms. The average Bonchev–Trinajstić information content (AvgIpc) is 2.42. The van der Waals surface area contributed by atoms with E-state index >= 15 is 0 Å². The van der Waals surface area contributed by atoms with Crippen LogP contribution in [-0.2, 0) is 11.3 Å². The molecule has 0 radical (unpaired) electrons. The fourth-order valence-corrected chi connectivity index (χ4v) is 2.46.